The number of hydrogen-bond donors (Lipinski definition) is 1. The van der Waals surface area contributed by atoms with Gasteiger partial charge in [-0.05, 0) is 56.0 Å². The van der Waals surface area contributed by atoms with Crippen LogP contribution in [0.5, 0.6) is 5.75 Å². The van der Waals surface area contributed by atoms with Gasteiger partial charge in [0.1, 0.15) is 5.75 Å². The van der Waals surface area contributed by atoms with Crippen LogP contribution in [0.15, 0.2) is 24.3 Å². The number of benzene rings is 1. The van der Waals surface area contributed by atoms with Gasteiger partial charge in [-0.25, -0.2) is 0 Å². The van der Waals surface area contributed by atoms with Gasteiger partial charge >= 0.3 is 6.61 Å². The highest BCUT2D eigenvalue weighted by Crippen LogP contribution is 2.34. The van der Waals surface area contributed by atoms with Crippen molar-refractivity contribution in [3.63, 3.8) is 0 Å². The SMILES string of the molecule is FC(F)Oc1ccc(N2CCCNC(C3CC3)C2)cc1. The second-order valence-corrected chi connectivity index (χ2v) is 5.57. The lowest BCUT2D eigenvalue weighted by molar-refractivity contribution is -0.0498. The summed E-state index contributed by atoms with van der Waals surface area (Å²) in [5.41, 5.74) is 1.08. The van der Waals surface area contributed by atoms with Gasteiger partial charge in [-0.15, -0.1) is 0 Å². The van der Waals surface area contributed by atoms with E-state index in [2.05, 4.69) is 15.0 Å². The normalized spacial score (nSPS) is 23.8. The van der Waals surface area contributed by atoms with Crippen molar-refractivity contribution in [1.29, 1.82) is 0 Å². The smallest absolute Gasteiger partial charge is 0.387 e. The maximum atomic E-state index is 12.1. The Kier molecular flexibility index (Phi) is 4.05. The predicted octanol–water partition coefficient (Wildman–Crippen LogP) is 2.87. The highest BCUT2D eigenvalue weighted by atomic mass is 19.3. The Morgan fingerprint density at radius 2 is 1.95 bits per heavy atom. The van der Waals surface area contributed by atoms with E-state index in [1.54, 1.807) is 12.1 Å². The zero-order valence-electron chi connectivity index (χ0n) is 11.4. The van der Waals surface area contributed by atoms with Gasteiger partial charge in [0.2, 0.25) is 0 Å². The van der Waals surface area contributed by atoms with E-state index in [1.165, 1.54) is 12.8 Å². The molecule has 1 aliphatic heterocycles. The number of anilines is 1. The first kappa shape index (κ1) is 13.6. The molecule has 0 amide bonds. The quantitative estimate of drug-likeness (QED) is 0.919. The van der Waals surface area contributed by atoms with Crippen LogP contribution in [0.25, 0.3) is 0 Å². The zero-order valence-corrected chi connectivity index (χ0v) is 11.4. The Morgan fingerprint density at radius 3 is 2.60 bits per heavy atom. The summed E-state index contributed by atoms with van der Waals surface area (Å²) in [4.78, 5) is 2.34. The molecule has 1 atom stereocenters. The number of halogens is 2. The van der Waals surface area contributed by atoms with Crippen molar-refractivity contribution in [2.75, 3.05) is 24.5 Å². The number of rotatable bonds is 4. The third-order valence-electron chi connectivity index (χ3n) is 4.05. The molecule has 1 N–H and O–H groups in total. The van der Waals surface area contributed by atoms with E-state index in [1.807, 2.05) is 12.1 Å². The van der Waals surface area contributed by atoms with Gasteiger partial charge in [0, 0.05) is 24.8 Å². The summed E-state index contributed by atoms with van der Waals surface area (Å²) in [5.74, 6) is 1.03. The predicted molar refractivity (Wildman–Crippen MR) is 74.4 cm³/mol. The van der Waals surface area contributed by atoms with Crippen LogP contribution in [-0.2, 0) is 0 Å². The molecule has 20 heavy (non-hydrogen) atoms. The Morgan fingerprint density at radius 1 is 1.20 bits per heavy atom. The van der Waals surface area contributed by atoms with E-state index in [4.69, 9.17) is 0 Å². The molecule has 0 radical (unpaired) electrons. The summed E-state index contributed by atoms with van der Waals surface area (Å²) in [5, 5.41) is 3.62. The summed E-state index contributed by atoms with van der Waals surface area (Å²) >= 11 is 0. The lowest BCUT2D eigenvalue weighted by atomic mass is 10.1. The van der Waals surface area contributed by atoms with E-state index in [-0.39, 0.29) is 5.75 Å². The summed E-state index contributed by atoms with van der Waals surface area (Å²) in [6, 6.07) is 7.53. The van der Waals surface area contributed by atoms with Crippen LogP contribution in [0, 0.1) is 5.92 Å². The van der Waals surface area contributed by atoms with Crippen LogP contribution in [0.4, 0.5) is 14.5 Å². The molecule has 1 saturated carbocycles. The Balaban J connectivity index is 1.67. The van der Waals surface area contributed by atoms with Crippen molar-refractivity contribution in [2.24, 2.45) is 5.92 Å². The highest BCUT2D eigenvalue weighted by molar-refractivity contribution is 5.49. The molecule has 1 aromatic carbocycles. The van der Waals surface area contributed by atoms with Gasteiger partial charge in [-0.3, -0.25) is 0 Å². The van der Waals surface area contributed by atoms with Gasteiger partial charge < -0.3 is 15.0 Å². The van der Waals surface area contributed by atoms with Gasteiger partial charge in [0.15, 0.2) is 0 Å². The molecule has 1 heterocycles. The Hall–Kier alpha value is -1.36. The van der Waals surface area contributed by atoms with Crippen molar-refractivity contribution in [3.05, 3.63) is 24.3 Å². The molecule has 5 heteroatoms. The number of nitrogens with zero attached hydrogens (tertiary/aromatic N) is 1. The third kappa shape index (κ3) is 3.39. The molecule has 0 spiro atoms. The molecule has 0 aromatic heterocycles. The molecular weight excluding hydrogens is 262 g/mol. The maximum absolute atomic E-state index is 12.1. The molecular formula is C15H20F2N2O. The van der Waals surface area contributed by atoms with Gasteiger partial charge in [0.05, 0.1) is 0 Å². The van der Waals surface area contributed by atoms with Crippen molar-refractivity contribution in [3.8, 4) is 5.75 Å². The van der Waals surface area contributed by atoms with Gasteiger partial charge in [-0.1, -0.05) is 0 Å². The number of ether oxygens (including phenoxy) is 1. The lowest BCUT2D eigenvalue weighted by Gasteiger charge is -2.26. The second kappa shape index (κ2) is 5.95. The summed E-state index contributed by atoms with van der Waals surface area (Å²) in [6.07, 6.45) is 3.76. The van der Waals surface area contributed by atoms with Crippen LogP contribution in [-0.4, -0.2) is 32.3 Å². The second-order valence-electron chi connectivity index (χ2n) is 5.57. The molecule has 110 valence electrons. The minimum atomic E-state index is -2.76. The fraction of sp³-hybridized carbons (Fsp3) is 0.600. The first-order valence-electron chi connectivity index (χ1n) is 7.25. The van der Waals surface area contributed by atoms with Crippen LogP contribution < -0.4 is 15.0 Å². The molecule has 3 rings (SSSR count). The average molecular weight is 282 g/mol. The van der Waals surface area contributed by atoms with Crippen molar-refractivity contribution in [2.45, 2.75) is 31.9 Å². The van der Waals surface area contributed by atoms with Crippen LogP contribution in [0.2, 0.25) is 0 Å². The summed E-state index contributed by atoms with van der Waals surface area (Å²) in [6.45, 7) is 0.303. The molecule has 2 aliphatic rings. The summed E-state index contributed by atoms with van der Waals surface area (Å²) < 4.78 is 28.7. The van der Waals surface area contributed by atoms with Crippen LogP contribution >= 0.6 is 0 Å². The number of nitrogens with one attached hydrogen (secondary N) is 1. The fourth-order valence-electron chi connectivity index (χ4n) is 2.84. The first-order chi connectivity index (χ1) is 9.72. The van der Waals surface area contributed by atoms with Crippen molar-refractivity contribution in [1.82, 2.24) is 5.32 Å². The first-order valence-corrected chi connectivity index (χ1v) is 7.25. The Bertz CT molecular complexity index is 434. The van der Waals surface area contributed by atoms with Gasteiger partial charge in [0.25, 0.3) is 0 Å². The molecule has 3 nitrogen and oxygen atoms in total. The number of hydrogen-bond acceptors (Lipinski definition) is 3. The Labute approximate surface area is 117 Å². The van der Waals surface area contributed by atoms with Crippen LogP contribution in [0.3, 0.4) is 0 Å². The van der Waals surface area contributed by atoms with E-state index < -0.39 is 6.61 Å². The fourth-order valence-corrected chi connectivity index (χ4v) is 2.84. The van der Waals surface area contributed by atoms with E-state index in [0.29, 0.717) is 6.04 Å². The van der Waals surface area contributed by atoms with Gasteiger partial charge in [-0.2, -0.15) is 8.78 Å². The van der Waals surface area contributed by atoms with Crippen LogP contribution in [0.1, 0.15) is 19.3 Å². The minimum absolute atomic E-state index is 0.218. The number of alkyl halides is 2. The van der Waals surface area contributed by atoms with E-state index in [0.717, 1.165) is 37.7 Å². The molecule has 1 aromatic rings. The molecule has 1 unspecified atom stereocenters. The molecule has 1 aliphatic carbocycles. The average Bonchev–Trinajstić information content (AvgIpc) is 3.25. The molecule has 1 saturated heterocycles. The molecule has 0 bridgehead atoms. The monoisotopic (exact) mass is 282 g/mol. The zero-order chi connectivity index (χ0) is 13.9. The lowest BCUT2D eigenvalue weighted by Crippen LogP contribution is -2.39. The maximum Gasteiger partial charge on any atom is 0.387 e. The largest absolute Gasteiger partial charge is 0.435 e. The minimum Gasteiger partial charge on any atom is -0.435 e. The summed E-state index contributed by atoms with van der Waals surface area (Å²) in [7, 11) is 0. The third-order valence-corrected chi connectivity index (χ3v) is 4.05. The highest BCUT2D eigenvalue weighted by Gasteiger charge is 2.33. The van der Waals surface area contributed by atoms with Crippen molar-refractivity contribution >= 4 is 5.69 Å². The standard InChI is InChI=1S/C15H20F2N2O/c16-15(17)20-13-6-4-12(5-7-13)19-9-1-8-18-14(10-19)11-2-3-11/h4-7,11,14-15,18H,1-3,8-10H2. The van der Waals surface area contributed by atoms with E-state index in [9.17, 15) is 8.78 Å². The van der Waals surface area contributed by atoms with E-state index >= 15 is 0 Å². The van der Waals surface area contributed by atoms with Crippen molar-refractivity contribution < 1.29 is 13.5 Å². The topological polar surface area (TPSA) is 24.5 Å². The molecule has 2 fully saturated rings.